The van der Waals surface area contributed by atoms with Crippen LogP contribution in [0.5, 0.6) is 11.5 Å². The Balaban J connectivity index is 1.82. The third-order valence-electron chi connectivity index (χ3n) is 4.21. The lowest BCUT2D eigenvalue weighted by Crippen LogP contribution is -2.49. The van der Waals surface area contributed by atoms with E-state index >= 15 is 0 Å². The Morgan fingerprint density at radius 2 is 1.96 bits per heavy atom. The Labute approximate surface area is 161 Å². The number of carbonyl (C=O) groups excluding carboxylic acids is 1. The van der Waals surface area contributed by atoms with Gasteiger partial charge in [0, 0.05) is 17.2 Å². The van der Waals surface area contributed by atoms with Gasteiger partial charge < -0.3 is 14.4 Å². The van der Waals surface area contributed by atoms with E-state index in [-0.39, 0.29) is 30.7 Å². The van der Waals surface area contributed by atoms with Gasteiger partial charge in [0.25, 0.3) is 11.6 Å². The van der Waals surface area contributed by atoms with Crippen LogP contribution in [0.25, 0.3) is 0 Å². The predicted molar refractivity (Wildman–Crippen MR) is 102 cm³/mol. The number of hydrogen-bond acceptors (Lipinski definition) is 5. The van der Waals surface area contributed by atoms with Crippen molar-refractivity contribution in [3.05, 3.63) is 57.6 Å². The van der Waals surface area contributed by atoms with E-state index in [9.17, 15) is 14.9 Å². The quantitative estimate of drug-likeness (QED) is 0.548. The van der Waals surface area contributed by atoms with Crippen molar-refractivity contribution in [3.8, 4) is 11.5 Å². The van der Waals surface area contributed by atoms with Crippen molar-refractivity contribution in [2.75, 3.05) is 18.1 Å². The van der Waals surface area contributed by atoms with E-state index < -0.39 is 11.0 Å². The Morgan fingerprint density at radius 1 is 1.26 bits per heavy atom. The van der Waals surface area contributed by atoms with Crippen LogP contribution in [0.2, 0.25) is 5.02 Å². The van der Waals surface area contributed by atoms with Gasteiger partial charge in [0.1, 0.15) is 18.1 Å². The van der Waals surface area contributed by atoms with Crippen molar-refractivity contribution in [1.29, 1.82) is 0 Å². The summed E-state index contributed by atoms with van der Waals surface area (Å²) in [5.41, 5.74) is 0.280. The van der Waals surface area contributed by atoms with E-state index in [4.69, 9.17) is 21.1 Å². The van der Waals surface area contributed by atoms with Crippen LogP contribution in [0, 0.1) is 16.0 Å². The summed E-state index contributed by atoms with van der Waals surface area (Å²) >= 11 is 5.85. The Hall–Kier alpha value is -2.80. The second kappa shape index (κ2) is 7.84. The van der Waals surface area contributed by atoms with Crippen LogP contribution in [0.3, 0.4) is 0 Å². The van der Waals surface area contributed by atoms with Crippen molar-refractivity contribution in [3.63, 3.8) is 0 Å². The SMILES string of the molecule is CC(C)C1Oc2ccc([N+](=O)[O-])cc2N(CCOc2ccc(Cl)cc2)C1=O. The van der Waals surface area contributed by atoms with Gasteiger partial charge in [-0.3, -0.25) is 14.9 Å². The lowest BCUT2D eigenvalue weighted by molar-refractivity contribution is -0.384. The highest BCUT2D eigenvalue weighted by Gasteiger charge is 2.37. The molecule has 7 nitrogen and oxygen atoms in total. The molecule has 0 bridgehead atoms. The second-order valence-corrected chi connectivity index (χ2v) is 6.92. The summed E-state index contributed by atoms with van der Waals surface area (Å²) in [6, 6.07) is 11.1. The van der Waals surface area contributed by atoms with Crippen molar-refractivity contribution < 1.29 is 19.2 Å². The van der Waals surface area contributed by atoms with Crippen LogP contribution >= 0.6 is 11.6 Å². The average molecular weight is 391 g/mol. The maximum atomic E-state index is 12.9. The third kappa shape index (κ3) is 4.14. The smallest absolute Gasteiger partial charge is 0.271 e. The molecule has 1 unspecified atom stereocenters. The first-order valence-corrected chi connectivity index (χ1v) is 8.89. The van der Waals surface area contributed by atoms with Crippen molar-refractivity contribution in [2.24, 2.45) is 5.92 Å². The van der Waals surface area contributed by atoms with Gasteiger partial charge in [-0.2, -0.15) is 0 Å². The number of fused-ring (bicyclic) bond motifs is 1. The van der Waals surface area contributed by atoms with E-state index in [1.807, 2.05) is 13.8 Å². The number of hydrogen-bond donors (Lipinski definition) is 0. The first-order valence-electron chi connectivity index (χ1n) is 8.51. The molecule has 0 saturated heterocycles. The summed E-state index contributed by atoms with van der Waals surface area (Å²) in [4.78, 5) is 24.9. The van der Waals surface area contributed by atoms with E-state index in [2.05, 4.69) is 0 Å². The first kappa shape index (κ1) is 19.0. The average Bonchev–Trinajstić information content (AvgIpc) is 2.64. The maximum absolute atomic E-state index is 12.9. The summed E-state index contributed by atoms with van der Waals surface area (Å²) in [7, 11) is 0. The van der Waals surface area contributed by atoms with E-state index in [1.165, 1.54) is 23.1 Å². The molecular weight excluding hydrogens is 372 g/mol. The molecule has 8 heteroatoms. The van der Waals surface area contributed by atoms with Crippen LogP contribution in [0.4, 0.5) is 11.4 Å². The van der Waals surface area contributed by atoms with Crippen molar-refractivity contribution in [1.82, 2.24) is 0 Å². The molecule has 0 saturated carbocycles. The molecule has 0 radical (unpaired) electrons. The number of ether oxygens (including phenoxy) is 2. The van der Waals surface area contributed by atoms with Gasteiger partial charge in [0.2, 0.25) is 0 Å². The summed E-state index contributed by atoms with van der Waals surface area (Å²) in [6.45, 7) is 4.24. The van der Waals surface area contributed by atoms with E-state index in [0.717, 1.165) is 0 Å². The number of nitro benzene ring substituents is 1. The normalized spacial score (nSPS) is 16.1. The Bertz CT molecular complexity index is 854. The van der Waals surface area contributed by atoms with Crippen LogP contribution in [-0.4, -0.2) is 30.1 Å². The molecule has 2 aromatic carbocycles. The molecule has 2 aromatic rings. The summed E-state index contributed by atoms with van der Waals surface area (Å²) in [6.07, 6.45) is -0.644. The number of carbonyl (C=O) groups is 1. The number of non-ortho nitro benzene ring substituents is 1. The predicted octanol–water partition coefficient (Wildman–Crippen LogP) is 4.08. The minimum Gasteiger partial charge on any atom is -0.492 e. The zero-order valence-corrected chi connectivity index (χ0v) is 15.7. The standard InChI is InChI=1S/C19H19ClN2O5/c1-12(2)18-19(23)21(9-10-26-15-6-3-13(20)4-7-15)16-11-14(22(24)25)5-8-17(16)27-18/h3-8,11-12,18H,9-10H2,1-2H3. The molecule has 0 aliphatic carbocycles. The number of anilines is 1. The number of amides is 1. The highest BCUT2D eigenvalue weighted by Crippen LogP contribution is 2.38. The number of rotatable bonds is 6. The van der Waals surface area contributed by atoms with Crippen LogP contribution < -0.4 is 14.4 Å². The van der Waals surface area contributed by atoms with Crippen molar-refractivity contribution in [2.45, 2.75) is 20.0 Å². The molecule has 0 aromatic heterocycles. The molecule has 27 heavy (non-hydrogen) atoms. The molecule has 1 aliphatic heterocycles. The van der Waals surface area contributed by atoms with Gasteiger partial charge in [0.15, 0.2) is 6.10 Å². The Kier molecular flexibility index (Phi) is 5.51. The summed E-state index contributed by atoms with van der Waals surface area (Å²) < 4.78 is 11.5. The van der Waals surface area contributed by atoms with Crippen LogP contribution in [-0.2, 0) is 4.79 Å². The van der Waals surface area contributed by atoms with Gasteiger partial charge in [-0.15, -0.1) is 0 Å². The van der Waals surface area contributed by atoms with E-state index in [0.29, 0.717) is 22.2 Å². The zero-order chi connectivity index (χ0) is 19.6. The van der Waals surface area contributed by atoms with Gasteiger partial charge >= 0.3 is 0 Å². The van der Waals surface area contributed by atoms with Crippen LogP contribution in [0.15, 0.2) is 42.5 Å². The molecule has 1 amide bonds. The maximum Gasteiger partial charge on any atom is 0.271 e. The molecule has 1 aliphatic rings. The molecule has 1 heterocycles. The zero-order valence-electron chi connectivity index (χ0n) is 14.9. The lowest BCUT2D eigenvalue weighted by atomic mass is 10.0. The van der Waals surface area contributed by atoms with Crippen molar-refractivity contribution >= 4 is 28.9 Å². The molecule has 142 valence electrons. The number of nitro groups is 1. The van der Waals surface area contributed by atoms with Gasteiger partial charge in [0.05, 0.1) is 17.2 Å². The fraction of sp³-hybridized carbons (Fsp3) is 0.316. The largest absolute Gasteiger partial charge is 0.492 e. The highest BCUT2D eigenvalue weighted by molar-refractivity contribution is 6.30. The minimum absolute atomic E-state index is 0.0412. The molecule has 0 N–H and O–H groups in total. The molecular formula is C19H19ClN2O5. The number of nitrogens with zero attached hydrogens (tertiary/aromatic N) is 2. The van der Waals surface area contributed by atoms with Gasteiger partial charge in [-0.25, -0.2) is 0 Å². The fourth-order valence-electron chi connectivity index (χ4n) is 2.83. The first-order chi connectivity index (χ1) is 12.9. The number of halogens is 1. The van der Waals surface area contributed by atoms with Crippen LogP contribution in [0.1, 0.15) is 13.8 Å². The number of benzene rings is 2. The van der Waals surface area contributed by atoms with Gasteiger partial charge in [-0.05, 0) is 36.2 Å². The minimum atomic E-state index is -0.644. The molecule has 3 rings (SSSR count). The fourth-order valence-corrected chi connectivity index (χ4v) is 2.95. The second-order valence-electron chi connectivity index (χ2n) is 6.48. The highest BCUT2D eigenvalue weighted by atomic mass is 35.5. The Morgan fingerprint density at radius 3 is 2.59 bits per heavy atom. The van der Waals surface area contributed by atoms with E-state index in [1.54, 1.807) is 24.3 Å². The lowest BCUT2D eigenvalue weighted by Gasteiger charge is -2.35. The molecule has 1 atom stereocenters. The molecule has 0 fully saturated rings. The summed E-state index contributed by atoms with van der Waals surface area (Å²) in [5.74, 6) is 0.795. The monoisotopic (exact) mass is 390 g/mol. The molecule has 0 spiro atoms. The summed E-state index contributed by atoms with van der Waals surface area (Å²) in [5, 5.41) is 11.7. The van der Waals surface area contributed by atoms with Gasteiger partial charge in [-0.1, -0.05) is 25.4 Å². The topological polar surface area (TPSA) is 81.9 Å². The third-order valence-corrected chi connectivity index (χ3v) is 4.46.